The number of hydrogen-bond donors (Lipinski definition) is 2. The summed E-state index contributed by atoms with van der Waals surface area (Å²) in [6, 6.07) is 5.62. The zero-order valence-corrected chi connectivity index (χ0v) is 15.9. The van der Waals surface area contributed by atoms with E-state index in [-0.39, 0.29) is 0 Å². The molecular formula is C18H29ClN4O2. The van der Waals surface area contributed by atoms with Gasteiger partial charge in [0, 0.05) is 36.8 Å². The Labute approximate surface area is 155 Å². The van der Waals surface area contributed by atoms with Crippen molar-refractivity contribution in [1.82, 2.24) is 15.5 Å². The number of rotatable bonds is 8. The number of halogens is 1. The molecule has 1 aromatic rings. The Morgan fingerprint density at radius 2 is 2.12 bits per heavy atom. The average Bonchev–Trinajstić information content (AvgIpc) is 2.64. The van der Waals surface area contributed by atoms with Crippen molar-refractivity contribution in [2.24, 2.45) is 4.99 Å². The van der Waals surface area contributed by atoms with E-state index in [1.807, 2.05) is 18.2 Å². The van der Waals surface area contributed by atoms with Gasteiger partial charge in [-0.25, -0.2) is 4.99 Å². The van der Waals surface area contributed by atoms with Crippen LogP contribution < -0.4 is 15.4 Å². The number of nitrogens with one attached hydrogen (secondary N) is 2. The lowest BCUT2D eigenvalue weighted by Gasteiger charge is -2.26. The molecule has 0 amide bonds. The molecule has 2 N–H and O–H groups in total. The van der Waals surface area contributed by atoms with Crippen LogP contribution in [0.2, 0.25) is 5.02 Å². The molecular weight excluding hydrogens is 340 g/mol. The van der Waals surface area contributed by atoms with E-state index in [0.29, 0.717) is 11.6 Å². The molecule has 25 heavy (non-hydrogen) atoms. The number of nitrogens with zero attached hydrogens (tertiary/aromatic N) is 2. The van der Waals surface area contributed by atoms with Crippen LogP contribution in [0.25, 0.3) is 0 Å². The highest BCUT2D eigenvalue weighted by atomic mass is 35.5. The molecule has 2 rings (SSSR count). The Morgan fingerprint density at radius 1 is 1.32 bits per heavy atom. The Morgan fingerprint density at radius 3 is 2.84 bits per heavy atom. The summed E-state index contributed by atoms with van der Waals surface area (Å²) in [5, 5.41) is 7.34. The highest BCUT2D eigenvalue weighted by molar-refractivity contribution is 6.30. The molecule has 1 aliphatic heterocycles. The van der Waals surface area contributed by atoms with Crippen molar-refractivity contribution in [1.29, 1.82) is 0 Å². The summed E-state index contributed by atoms with van der Waals surface area (Å²) in [6.45, 7) is 9.16. The molecule has 1 heterocycles. The van der Waals surface area contributed by atoms with Crippen LogP contribution >= 0.6 is 11.6 Å². The largest absolute Gasteiger partial charge is 0.496 e. The van der Waals surface area contributed by atoms with Crippen molar-refractivity contribution < 1.29 is 9.47 Å². The van der Waals surface area contributed by atoms with Gasteiger partial charge in [0.25, 0.3) is 0 Å². The number of benzene rings is 1. The molecule has 0 saturated carbocycles. The number of morpholine rings is 1. The van der Waals surface area contributed by atoms with E-state index in [4.69, 9.17) is 21.1 Å². The molecule has 0 aromatic heterocycles. The molecule has 140 valence electrons. The third kappa shape index (κ3) is 7.10. The van der Waals surface area contributed by atoms with Crippen LogP contribution in [0.3, 0.4) is 0 Å². The predicted molar refractivity (Wildman–Crippen MR) is 103 cm³/mol. The Kier molecular flexibility index (Phi) is 8.86. The lowest BCUT2D eigenvalue weighted by molar-refractivity contribution is 0.0376. The van der Waals surface area contributed by atoms with E-state index in [1.165, 1.54) is 0 Å². The van der Waals surface area contributed by atoms with Crippen molar-refractivity contribution >= 4 is 17.6 Å². The number of guanidine groups is 1. The molecule has 0 spiro atoms. The van der Waals surface area contributed by atoms with Gasteiger partial charge >= 0.3 is 0 Å². The standard InChI is InChI=1S/C18H29ClN4O2/c1-3-20-18(21-7-4-8-23-9-11-25-12-10-23)22-14-15-5-6-16(19)13-17(15)24-2/h5-6,13H,3-4,7-12,14H2,1-2H3,(H2,20,21,22). The Bertz CT molecular complexity index is 548. The van der Waals surface area contributed by atoms with Crippen LogP contribution in [-0.2, 0) is 11.3 Å². The van der Waals surface area contributed by atoms with Gasteiger partial charge in [0.2, 0.25) is 0 Å². The van der Waals surface area contributed by atoms with Crippen molar-refractivity contribution in [2.75, 3.05) is 53.0 Å². The monoisotopic (exact) mass is 368 g/mol. The van der Waals surface area contributed by atoms with E-state index >= 15 is 0 Å². The molecule has 1 saturated heterocycles. The smallest absolute Gasteiger partial charge is 0.191 e. The fraction of sp³-hybridized carbons (Fsp3) is 0.611. The number of hydrogen-bond acceptors (Lipinski definition) is 4. The summed E-state index contributed by atoms with van der Waals surface area (Å²) in [5.74, 6) is 1.58. The van der Waals surface area contributed by atoms with Gasteiger partial charge in [-0.15, -0.1) is 0 Å². The summed E-state index contributed by atoms with van der Waals surface area (Å²) >= 11 is 6.00. The van der Waals surface area contributed by atoms with Crippen LogP contribution in [-0.4, -0.2) is 63.9 Å². The van der Waals surface area contributed by atoms with E-state index in [1.54, 1.807) is 7.11 Å². The fourth-order valence-corrected chi connectivity index (χ4v) is 2.85. The second-order valence-corrected chi connectivity index (χ2v) is 6.32. The van der Waals surface area contributed by atoms with Crippen LogP contribution in [0.15, 0.2) is 23.2 Å². The van der Waals surface area contributed by atoms with Gasteiger partial charge in [0.15, 0.2) is 5.96 Å². The molecule has 1 aliphatic rings. The zero-order valence-electron chi connectivity index (χ0n) is 15.2. The minimum absolute atomic E-state index is 0.541. The molecule has 0 unspecified atom stereocenters. The van der Waals surface area contributed by atoms with Gasteiger partial charge in [0.1, 0.15) is 5.75 Å². The van der Waals surface area contributed by atoms with Crippen molar-refractivity contribution in [3.8, 4) is 5.75 Å². The first-order valence-corrected chi connectivity index (χ1v) is 9.25. The van der Waals surface area contributed by atoms with E-state index in [9.17, 15) is 0 Å². The molecule has 0 bridgehead atoms. The number of ether oxygens (including phenoxy) is 2. The SMILES string of the molecule is CCNC(=NCc1ccc(Cl)cc1OC)NCCCN1CCOCC1. The maximum Gasteiger partial charge on any atom is 0.191 e. The van der Waals surface area contributed by atoms with E-state index in [0.717, 1.165) is 69.6 Å². The number of methoxy groups -OCH3 is 1. The topological polar surface area (TPSA) is 58.1 Å². The predicted octanol–water partition coefficient (Wildman–Crippen LogP) is 2.13. The van der Waals surface area contributed by atoms with Gasteiger partial charge in [0.05, 0.1) is 26.9 Å². The minimum atomic E-state index is 0.541. The molecule has 0 radical (unpaired) electrons. The lowest BCUT2D eigenvalue weighted by Crippen LogP contribution is -2.40. The minimum Gasteiger partial charge on any atom is -0.496 e. The first-order valence-electron chi connectivity index (χ1n) is 8.87. The van der Waals surface area contributed by atoms with Gasteiger partial charge in [-0.2, -0.15) is 0 Å². The Balaban J connectivity index is 1.81. The average molecular weight is 369 g/mol. The van der Waals surface area contributed by atoms with Crippen LogP contribution in [0.1, 0.15) is 18.9 Å². The van der Waals surface area contributed by atoms with Gasteiger partial charge in [-0.3, -0.25) is 4.90 Å². The lowest BCUT2D eigenvalue weighted by atomic mass is 10.2. The molecule has 1 aromatic carbocycles. The maximum absolute atomic E-state index is 6.00. The van der Waals surface area contributed by atoms with Crippen molar-refractivity contribution in [3.05, 3.63) is 28.8 Å². The molecule has 0 aliphatic carbocycles. The summed E-state index contributed by atoms with van der Waals surface area (Å²) in [7, 11) is 1.65. The normalized spacial score (nSPS) is 15.9. The first kappa shape index (κ1) is 19.8. The fourth-order valence-electron chi connectivity index (χ4n) is 2.69. The summed E-state index contributed by atoms with van der Waals surface area (Å²) in [4.78, 5) is 7.08. The van der Waals surface area contributed by atoms with Crippen molar-refractivity contribution in [2.45, 2.75) is 19.9 Å². The number of aliphatic imine (C=N–C) groups is 1. The van der Waals surface area contributed by atoms with Crippen molar-refractivity contribution in [3.63, 3.8) is 0 Å². The second-order valence-electron chi connectivity index (χ2n) is 5.89. The zero-order chi connectivity index (χ0) is 17.9. The molecule has 0 atom stereocenters. The molecule has 1 fully saturated rings. The highest BCUT2D eigenvalue weighted by Gasteiger charge is 2.09. The third-order valence-corrected chi connectivity index (χ3v) is 4.28. The van der Waals surface area contributed by atoms with Crippen LogP contribution in [0.4, 0.5) is 0 Å². The van der Waals surface area contributed by atoms with Gasteiger partial charge in [-0.1, -0.05) is 17.7 Å². The third-order valence-electron chi connectivity index (χ3n) is 4.05. The summed E-state index contributed by atoms with van der Waals surface area (Å²) in [6.07, 6.45) is 1.08. The van der Waals surface area contributed by atoms with Gasteiger partial charge in [-0.05, 0) is 32.0 Å². The van der Waals surface area contributed by atoms with Gasteiger partial charge < -0.3 is 20.1 Å². The van der Waals surface area contributed by atoms with E-state index in [2.05, 4.69) is 27.4 Å². The summed E-state index contributed by atoms with van der Waals surface area (Å²) < 4.78 is 10.7. The Hall–Kier alpha value is -1.50. The van der Waals surface area contributed by atoms with Crippen LogP contribution in [0, 0.1) is 0 Å². The summed E-state index contributed by atoms with van der Waals surface area (Å²) in [5.41, 5.74) is 1.01. The molecule has 7 heteroatoms. The second kappa shape index (κ2) is 11.2. The van der Waals surface area contributed by atoms with Crippen LogP contribution in [0.5, 0.6) is 5.75 Å². The molecule has 6 nitrogen and oxygen atoms in total. The van der Waals surface area contributed by atoms with E-state index < -0.39 is 0 Å². The maximum atomic E-state index is 6.00. The quantitative estimate of drug-likeness (QED) is 0.418. The highest BCUT2D eigenvalue weighted by Crippen LogP contribution is 2.23. The first-order chi connectivity index (χ1) is 12.2.